The van der Waals surface area contributed by atoms with Crippen LogP contribution in [0.25, 0.3) is 22.4 Å². The first-order chi connectivity index (χ1) is 12.1. The van der Waals surface area contributed by atoms with Gasteiger partial charge in [0.2, 0.25) is 0 Å². The van der Waals surface area contributed by atoms with E-state index in [0.29, 0.717) is 29.5 Å². The van der Waals surface area contributed by atoms with E-state index in [0.717, 1.165) is 23.7 Å². The summed E-state index contributed by atoms with van der Waals surface area (Å²) in [5.41, 5.74) is 7.59. The van der Waals surface area contributed by atoms with Crippen molar-refractivity contribution < 1.29 is 9.21 Å². The zero-order valence-electron chi connectivity index (χ0n) is 14.2. The maximum Gasteiger partial charge on any atom is 0.252 e. The molecule has 0 saturated heterocycles. The average Bonchev–Trinajstić information content (AvgIpc) is 3.36. The molecule has 1 aliphatic rings. The van der Waals surface area contributed by atoms with Gasteiger partial charge in [-0.15, -0.1) is 0 Å². The second kappa shape index (κ2) is 6.01. The normalized spacial score (nSPS) is 16.6. The molecule has 1 atom stereocenters. The van der Waals surface area contributed by atoms with Gasteiger partial charge in [-0.2, -0.15) is 0 Å². The van der Waals surface area contributed by atoms with E-state index in [1.165, 1.54) is 0 Å². The summed E-state index contributed by atoms with van der Waals surface area (Å²) in [6.07, 6.45) is 3.83. The first-order valence-corrected chi connectivity index (χ1v) is 8.57. The molecule has 128 valence electrons. The number of rotatable bonds is 5. The van der Waals surface area contributed by atoms with Crippen LogP contribution in [0.4, 0.5) is 0 Å². The van der Waals surface area contributed by atoms with Crippen molar-refractivity contribution >= 4 is 16.8 Å². The lowest BCUT2D eigenvalue weighted by atomic mass is 9.95. The minimum Gasteiger partial charge on any atom is -0.463 e. The molecular formula is C20H21N3O2. The number of hydrogen-bond acceptors (Lipinski definition) is 4. The van der Waals surface area contributed by atoms with E-state index >= 15 is 0 Å². The zero-order chi connectivity index (χ0) is 17.4. The number of pyridine rings is 1. The molecule has 4 rings (SSSR count). The number of carbonyl (C=O) groups excluding carboxylic acids is 1. The van der Waals surface area contributed by atoms with Crippen LogP contribution in [-0.2, 0) is 0 Å². The molecule has 3 aromatic rings. The maximum absolute atomic E-state index is 13.1. The molecule has 25 heavy (non-hydrogen) atoms. The van der Waals surface area contributed by atoms with Gasteiger partial charge in [-0.1, -0.05) is 18.2 Å². The monoisotopic (exact) mass is 335 g/mol. The van der Waals surface area contributed by atoms with E-state index in [1.807, 2.05) is 43.3 Å². The van der Waals surface area contributed by atoms with Crippen molar-refractivity contribution in [3.8, 4) is 11.5 Å². The number of nitrogens with one attached hydrogen (secondary N) is 1. The second-order valence-electron chi connectivity index (χ2n) is 6.90. The molecule has 1 aliphatic carbocycles. The Kier molecular flexibility index (Phi) is 3.81. The van der Waals surface area contributed by atoms with E-state index in [2.05, 4.69) is 10.3 Å². The molecule has 1 aromatic carbocycles. The predicted octanol–water partition coefficient (Wildman–Crippen LogP) is 3.35. The van der Waals surface area contributed by atoms with Gasteiger partial charge in [0.05, 0.1) is 22.9 Å². The third kappa shape index (κ3) is 2.91. The Bertz CT molecular complexity index is 916. The van der Waals surface area contributed by atoms with Gasteiger partial charge in [-0.25, -0.2) is 4.98 Å². The summed E-state index contributed by atoms with van der Waals surface area (Å²) in [5, 5.41) is 3.99. The average molecular weight is 335 g/mol. The molecule has 5 nitrogen and oxygen atoms in total. The van der Waals surface area contributed by atoms with Crippen LogP contribution in [0.15, 0.2) is 53.1 Å². The first-order valence-electron chi connectivity index (χ1n) is 8.57. The van der Waals surface area contributed by atoms with Crippen molar-refractivity contribution in [1.29, 1.82) is 0 Å². The van der Waals surface area contributed by atoms with Gasteiger partial charge in [0.25, 0.3) is 5.91 Å². The number of nitrogens with zero attached hydrogens (tertiary/aromatic N) is 1. The molecule has 2 aromatic heterocycles. The number of fused-ring (bicyclic) bond motifs is 1. The molecule has 1 unspecified atom stereocenters. The molecule has 5 heteroatoms. The predicted molar refractivity (Wildman–Crippen MR) is 97.1 cm³/mol. The Morgan fingerprint density at radius 2 is 2.12 bits per heavy atom. The second-order valence-corrected chi connectivity index (χ2v) is 6.90. The molecule has 3 N–H and O–H groups in total. The highest BCUT2D eigenvalue weighted by Crippen LogP contribution is 2.39. The van der Waals surface area contributed by atoms with Gasteiger partial charge in [0.15, 0.2) is 5.76 Å². The molecule has 1 fully saturated rings. The van der Waals surface area contributed by atoms with E-state index in [1.54, 1.807) is 12.3 Å². The van der Waals surface area contributed by atoms with Crippen LogP contribution in [-0.4, -0.2) is 23.0 Å². The third-order valence-electron chi connectivity index (χ3n) is 5.04. The van der Waals surface area contributed by atoms with Gasteiger partial charge in [-0.3, -0.25) is 4.79 Å². The summed E-state index contributed by atoms with van der Waals surface area (Å²) in [7, 11) is 0. The lowest BCUT2D eigenvalue weighted by molar-refractivity contribution is 0.0899. The van der Waals surface area contributed by atoms with Crippen LogP contribution < -0.4 is 11.1 Å². The van der Waals surface area contributed by atoms with E-state index < -0.39 is 0 Å². The number of para-hydroxylation sites is 1. The summed E-state index contributed by atoms with van der Waals surface area (Å²) in [5.74, 6) is 0.980. The maximum atomic E-state index is 13.1. The Morgan fingerprint density at radius 3 is 2.80 bits per heavy atom. The Hall–Kier alpha value is -2.66. The summed E-state index contributed by atoms with van der Waals surface area (Å²) < 4.78 is 5.46. The Labute approximate surface area is 146 Å². The molecule has 0 aliphatic heterocycles. The first kappa shape index (κ1) is 15.8. The lowest BCUT2D eigenvalue weighted by Crippen LogP contribution is -2.53. The fourth-order valence-corrected chi connectivity index (χ4v) is 3.28. The minimum absolute atomic E-state index is 0.119. The van der Waals surface area contributed by atoms with Crippen LogP contribution in [0.3, 0.4) is 0 Å². The van der Waals surface area contributed by atoms with Crippen LogP contribution in [0.5, 0.6) is 0 Å². The van der Waals surface area contributed by atoms with Crippen molar-refractivity contribution in [3.05, 3.63) is 54.3 Å². The highest BCUT2D eigenvalue weighted by molar-refractivity contribution is 6.07. The molecular weight excluding hydrogens is 314 g/mol. The van der Waals surface area contributed by atoms with Gasteiger partial charge in [0.1, 0.15) is 5.69 Å². The molecule has 0 radical (unpaired) electrons. The van der Waals surface area contributed by atoms with Crippen LogP contribution in [0.1, 0.15) is 30.1 Å². The van der Waals surface area contributed by atoms with Gasteiger partial charge in [0, 0.05) is 11.9 Å². The Morgan fingerprint density at radius 1 is 1.32 bits per heavy atom. The van der Waals surface area contributed by atoms with Crippen LogP contribution >= 0.6 is 0 Å². The smallest absolute Gasteiger partial charge is 0.252 e. The summed E-state index contributed by atoms with van der Waals surface area (Å²) in [6.45, 7) is 2.46. The van der Waals surface area contributed by atoms with Crippen LogP contribution in [0.2, 0.25) is 0 Å². The van der Waals surface area contributed by atoms with Crippen molar-refractivity contribution in [3.63, 3.8) is 0 Å². The topological polar surface area (TPSA) is 81.1 Å². The summed E-state index contributed by atoms with van der Waals surface area (Å²) in [4.78, 5) is 17.7. The van der Waals surface area contributed by atoms with E-state index in [-0.39, 0.29) is 11.4 Å². The standard InChI is InChI=1S/C20H21N3O2/c1-20(12-21,13-8-9-13)23-19(24)15-11-17(18-7-4-10-25-18)22-16-6-3-2-5-14(15)16/h2-7,10-11,13H,8-9,12,21H2,1H3,(H,23,24). The summed E-state index contributed by atoms with van der Waals surface area (Å²) >= 11 is 0. The lowest BCUT2D eigenvalue weighted by Gasteiger charge is -2.29. The van der Waals surface area contributed by atoms with Crippen molar-refractivity contribution in [2.45, 2.75) is 25.3 Å². The largest absolute Gasteiger partial charge is 0.463 e. The number of aromatic nitrogens is 1. The van der Waals surface area contributed by atoms with Crippen molar-refractivity contribution in [1.82, 2.24) is 10.3 Å². The Balaban J connectivity index is 1.78. The van der Waals surface area contributed by atoms with Crippen LogP contribution in [0, 0.1) is 5.92 Å². The number of amides is 1. The number of benzene rings is 1. The van der Waals surface area contributed by atoms with Gasteiger partial charge < -0.3 is 15.5 Å². The fraction of sp³-hybridized carbons (Fsp3) is 0.300. The molecule has 0 spiro atoms. The zero-order valence-corrected chi connectivity index (χ0v) is 14.2. The van der Waals surface area contributed by atoms with E-state index in [9.17, 15) is 4.79 Å². The van der Waals surface area contributed by atoms with Gasteiger partial charge >= 0.3 is 0 Å². The van der Waals surface area contributed by atoms with E-state index in [4.69, 9.17) is 10.2 Å². The molecule has 1 amide bonds. The van der Waals surface area contributed by atoms with Crippen molar-refractivity contribution in [2.24, 2.45) is 11.7 Å². The number of carbonyl (C=O) groups is 1. The molecule has 0 bridgehead atoms. The molecule has 2 heterocycles. The highest BCUT2D eigenvalue weighted by atomic mass is 16.3. The third-order valence-corrected chi connectivity index (χ3v) is 5.04. The SMILES string of the molecule is CC(CN)(NC(=O)c1cc(-c2ccco2)nc2ccccc12)C1CC1. The number of furan rings is 1. The fourth-order valence-electron chi connectivity index (χ4n) is 3.28. The highest BCUT2D eigenvalue weighted by Gasteiger charge is 2.41. The summed E-state index contributed by atoms with van der Waals surface area (Å²) in [6, 6.07) is 13.1. The van der Waals surface area contributed by atoms with Gasteiger partial charge in [-0.05, 0) is 49.9 Å². The minimum atomic E-state index is -0.369. The number of hydrogen-bond donors (Lipinski definition) is 2. The molecule has 1 saturated carbocycles. The quantitative estimate of drug-likeness (QED) is 0.749. The number of nitrogens with two attached hydrogens (primary N) is 1. The van der Waals surface area contributed by atoms with Crippen molar-refractivity contribution in [2.75, 3.05) is 6.54 Å².